The molecule has 7 heteroatoms. The standard InChI is InChI=1S/C14H18N6O/c1-3-4-7-20-11-12(16-10-18(2)13(11)21)17-14(20)19-8-5-15-6-9-19/h10,15H,5-9H2,1-2H3. The van der Waals surface area contributed by atoms with Gasteiger partial charge < -0.3 is 14.8 Å². The summed E-state index contributed by atoms with van der Waals surface area (Å²) in [5.74, 6) is 6.68. The predicted octanol–water partition coefficient (Wildman–Crippen LogP) is -0.437. The van der Waals surface area contributed by atoms with Gasteiger partial charge in [0.05, 0.1) is 12.9 Å². The maximum atomic E-state index is 12.4. The summed E-state index contributed by atoms with van der Waals surface area (Å²) in [4.78, 5) is 23.4. The lowest BCUT2D eigenvalue weighted by molar-refractivity contribution is 0.573. The lowest BCUT2D eigenvalue weighted by atomic mass is 10.4. The van der Waals surface area contributed by atoms with E-state index in [-0.39, 0.29) is 5.56 Å². The lowest BCUT2D eigenvalue weighted by Gasteiger charge is -2.28. The van der Waals surface area contributed by atoms with Crippen molar-refractivity contribution in [2.45, 2.75) is 13.5 Å². The number of aromatic nitrogens is 4. The van der Waals surface area contributed by atoms with Crippen LogP contribution < -0.4 is 15.8 Å². The van der Waals surface area contributed by atoms with Crippen molar-refractivity contribution in [2.24, 2.45) is 7.05 Å². The molecule has 0 atom stereocenters. The number of hydrogen-bond donors (Lipinski definition) is 1. The van der Waals surface area contributed by atoms with Gasteiger partial charge in [0.25, 0.3) is 5.56 Å². The van der Waals surface area contributed by atoms with Gasteiger partial charge in [-0.25, -0.2) is 4.98 Å². The van der Waals surface area contributed by atoms with Crippen molar-refractivity contribution >= 4 is 17.1 Å². The van der Waals surface area contributed by atoms with E-state index in [0.29, 0.717) is 17.7 Å². The van der Waals surface area contributed by atoms with Gasteiger partial charge in [0.1, 0.15) is 0 Å². The molecule has 110 valence electrons. The van der Waals surface area contributed by atoms with Gasteiger partial charge in [0, 0.05) is 33.2 Å². The Balaban J connectivity index is 2.19. The molecule has 0 spiro atoms. The van der Waals surface area contributed by atoms with Gasteiger partial charge in [-0.3, -0.25) is 9.36 Å². The van der Waals surface area contributed by atoms with Crippen molar-refractivity contribution in [1.29, 1.82) is 0 Å². The number of aryl methyl sites for hydroxylation is 1. The van der Waals surface area contributed by atoms with E-state index in [4.69, 9.17) is 0 Å². The molecule has 0 amide bonds. The molecule has 1 aliphatic heterocycles. The molecule has 0 unspecified atom stereocenters. The minimum absolute atomic E-state index is 0.0909. The number of hydrogen-bond acceptors (Lipinski definition) is 5. The highest BCUT2D eigenvalue weighted by atomic mass is 16.1. The summed E-state index contributed by atoms with van der Waals surface area (Å²) < 4.78 is 3.36. The number of fused-ring (bicyclic) bond motifs is 1. The molecule has 1 fully saturated rings. The summed E-state index contributed by atoms with van der Waals surface area (Å²) >= 11 is 0. The van der Waals surface area contributed by atoms with Gasteiger partial charge in [0.15, 0.2) is 11.2 Å². The van der Waals surface area contributed by atoms with Crippen LogP contribution in [-0.2, 0) is 13.6 Å². The second-order valence-electron chi connectivity index (χ2n) is 4.99. The maximum absolute atomic E-state index is 12.4. The third kappa shape index (κ3) is 2.38. The quantitative estimate of drug-likeness (QED) is 0.758. The molecule has 2 aromatic rings. The number of anilines is 1. The van der Waals surface area contributed by atoms with Gasteiger partial charge in [0.2, 0.25) is 5.95 Å². The van der Waals surface area contributed by atoms with Crippen LogP contribution in [0.3, 0.4) is 0 Å². The van der Waals surface area contributed by atoms with Gasteiger partial charge in [-0.2, -0.15) is 4.98 Å². The van der Waals surface area contributed by atoms with Crippen molar-refractivity contribution in [3.05, 3.63) is 16.7 Å². The Morgan fingerprint density at radius 3 is 2.86 bits per heavy atom. The Morgan fingerprint density at radius 1 is 1.38 bits per heavy atom. The van der Waals surface area contributed by atoms with Crippen LogP contribution in [0.15, 0.2) is 11.1 Å². The fraction of sp³-hybridized carbons (Fsp3) is 0.500. The molecule has 1 aliphatic rings. The largest absolute Gasteiger partial charge is 0.340 e. The lowest BCUT2D eigenvalue weighted by Crippen LogP contribution is -2.44. The summed E-state index contributed by atoms with van der Waals surface area (Å²) in [6.45, 7) is 5.79. The predicted molar refractivity (Wildman–Crippen MR) is 81.3 cm³/mol. The molecular weight excluding hydrogens is 268 g/mol. The third-order valence-electron chi connectivity index (χ3n) is 3.62. The van der Waals surface area contributed by atoms with E-state index < -0.39 is 0 Å². The Morgan fingerprint density at radius 2 is 2.14 bits per heavy atom. The average molecular weight is 286 g/mol. The van der Waals surface area contributed by atoms with Gasteiger partial charge >= 0.3 is 0 Å². The van der Waals surface area contributed by atoms with E-state index in [9.17, 15) is 4.79 Å². The SMILES string of the molecule is CC#CCn1c(N2CCNCC2)nc2ncn(C)c(=O)c21. The Kier molecular flexibility index (Phi) is 3.62. The molecule has 0 aromatic carbocycles. The van der Waals surface area contributed by atoms with Gasteiger partial charge in [-0.05, 0) is 6.92 Å². The Hall–Kier alpha value is -2.33. The van der Waals surface area contributed by atoms with Gasteiger partial charge in [-0.1, -0.05) is 5.92 Å². The first-order valence-corrected chi connectivity index (χ1v) is 6.99. The van der Waals surface area contributed by atoms with Crippen LogP contribution >= 0.6 is 0 Å². The molecule has 21 heavy (non-hydrogen) atoms. The normalized spacial score (nSPS) is 15.0. The van der Waals surface area contributed by atoms with Crippen molar-refractivity contribution in [2.75, 3.05) is 31.1 Å². The first kappa shape index (κ1) is 13.6. The number of rotatable bonds is 2. The Bertz CT molecular complexity index is 772. The number of imidazole rings is 1. The number of piperazine rings is 1. The zero-order valence-electron chi connectivity index (χ0n) is 12.3. The minimum atomic E-state index is -0.0909. The monoisotopic (exact) mass is 286 g/mol. The first-order valence-electron chi connectivity index (χ1n) is 6.99. The van der Waals surface area contributed by atoms with Crippen molar-refractivity contribution < 1.29 is 0 Å². The van der Waals surface area contributed by atoms with E-state index in [1.54, 1.807) is 14.0 Å². The van der Waals surface area contributed by atoms with Crippen LogP contribution in [-0.4, -0.2) is 45.3 Å². The summed E-state index contributed by atoms with van der Waals surface area (Å²) in [7, 11) is 1.70. The molecule has 1 saturated heterocycles. The second-order valence-corrected chi connectivity index (χ2v) is 4.99. The molecule has 3 heterocycles. The van der Waals surface area contributed by atoms with Crippen molar-refractivity contribution in [3.8, 4) is 11.8 Å². The summed E-state index contributed by atoms with van der Waals surface area (Å²) in [5.41, 5.74) is 0.924. The molecule has 0 radical (unpaired) electrons. The highest BCUT2D eigenvalue weighted by molar-refractivity contribution is 5.74. The van der Waals surface area contributed by atoms with Crippen LogP contribution in [0.2, 0.25) is 0 Å². The molecule has 0 aliphatic carbocycles. The van der Waals surface area contributed by atoms with Crippen LogP contribution in [0.4, 0.5) is 5.95 Å². The summed E-state index contributed by atoms with van der Waals surface area (Å²) in [5, 5.41) is 3.31. The average Bonchev–Trinajstić information content (AvgIpc) is 2.89. The molecule has 7 nitrogen and oxygen atoms in total. The molecule has 2 aromatic heterocycles. The van der Waals surface area contributed by atoms with Crippen molar-refractivity contribution in [1.82, 2.24) is 24.4 Å². The van der Waals surface area contributed by atoms with Crippen LogP contribution in [0.1, 0.15) is 6.92 Å². The summed E-state index contributed by atoms with van der Waals surface area (Å²) in [6, 6.07) is 0. The fourth-order valence-corrected chi connectivity index (χ4v) is 2.50. The molecule has 0 bridgehead atoms. The molecule has 3 rings (SSSR count). The van der Waals surface area contributed by atoms with Crippen molar-refractivity contribution in [3.63, 3.8) is 0 Å². The molecular formula is C14H18N6O. The van der Waals surface area contributed by atoms with E-state index in [2.05, 4.69) is 32.0 Å². The third-order valence-corrected chi connectivity index (χ3v) is 3.62. The van der Waals surface area contributed by atoms with Crippen LogP contribution in [0.5, 0.6) is 0 Å². The second kappa shape index (κ2) is 5.58. The van der Waals surface area contributed by atoms with E-state index in [0.717, 1.165) is 32.1 Å². The molecule has 1 N–H and O–H groups in total. The fourth-order valence-electron chi connectivity index (χ4n) is 2.50. The minimum Gasteiger partial charge on any atom is -0.340 e. The highest BCUT2D eigenvalue weighted by Crippen LogP contribution is 2.19. The number of nitrogens with zero attached hydrogens (tertiary/aromatic N) is 5. The maximum Gasteiger partial charge on any atom is 0.279 e. The van der Waals surface area contributed by atoms with Crippen LogP contribution in [0.25, 0.3) is 11.2 Å². The topological polar surface area (TPSA) is 68.0 Å². The zero-order valence-corrected chi connectivity index (χ0v) is 12.3. The van der Waals surface area contributed by atoms with Gasteiger partial charge in [-0.15, -0.1) is 5.92 Å². The smallest absolute Gasteiger partial charge is 0.279 e. The molecule has 0 saturated carbocycles. The first-order chi connectivity index (χ1) is 10.2. The Labute approximate surface area is 122 Å². The van der Waals surface area contributed by atoms with Crippen LogP contribution in [0, 0.1) is 11.8 Å². The van der Waals surface area contributed by atoms with E-state index in [1.807, 2.05) is 4.57 Å². The number of nitrogens with one attached hydrogen (secondary N) is 1. The zero-order chi connectivity index (χ0) is 14.8. The van der Waals surface area contributed by atoms with E-state index in [1.165, 1.54) is 10.9 Å². The highest BCUT2D eigenvalue weighted by Gasteiger charge is 2.21. The summed E-state index contributed by atoms with van der Waals surface area (Å²) in [6.07, 6.45) is 1.51. The van der Waals surface area contributed by atoms with E-state index >= 15 is 0 Å².